The average Bonchev–Trinajstić information content (AvgIpc) is 3.23. The molecule has 1 N–H and O–H groups in total. The summed E-state index contributed by atoms with van der Waals surface area (Å²) >= 11 is 5.96. The maximum absolute atomic E-state index is 15.7. The summed E-state index contributed by atoms with van der Waals surface area (Å²) in [5.74, 6) is -2.90. The highest BCUT2D eigenvalue weighted by Gasteiger charge is 2.43. The molecule has 0 spiro atoms. The number of nitrogens with one attached hydrogen (secondary N) is 1. The Bertz CT molecular complexity index is 1220. The number of hydrogen-bond donors (Lipinski definition) is 1. The number of esters is 1. The van der Waals surface area contributed by atoms with Crippen LogP contribution >= 0.6 is 11.6 Å². The third kappa shape index (κ3) is 4.13. The van der Waals surface area contributed by atoms with Gasteiger partial charge in [0.05, 0.1) is 34.9 Å². The molecule has 0 fully saturated rings. The number of aromatic amines is 1. The number of aromatic nitrogens is 2. The number of methoxy groups -OCH3 is 1. The van der Waals surface area contributed by atoms with Crippen molar-refractivity contribution in [2.24, 2.45) is 5.92 Å². The zero-order valence-corrected chi connectivity index (χ0v) is 17.9. The van der Waals surface area contributed by atoms with Crippen LogP contribution in [0.5, 0.6) is 0 Å². The Morgan fingerprint density at radius 3 is 2.48 bits per heavy atom. The summed E-state index contributed by atoms with van der Waals surface area (Å²) in [6.45, 7) is 0. The Hall–Kier alpha value is -3.20. The second-order valence-corrected chi connectivity index (χ2v) is 8.01. The molecule has 3 aromatic rings. The quantitative estimate of drug-likeness (QED) is 0.283. The first kappa shape index (κ1) is 23.0. The number of rotatable bonds is 4. The van der Waals surface area contributed by atoms with E-state index in [0.29, 0.717) is 11.3 Å². The van der Waals surface area contributed by atoms with Crippen LogP contribution in [0.2, 0.25) is 5.02 Å². The number of ether oxygens (including phenoxy) is 1. The summed E-state index contributed by atoms with van der Waals surface area (Å²) in [5.41, 5.74) is -0.348. The van der Waals surface area contributed by atoms with Crippen LogP contribution in [0, 0.1) is 5.92 Å². The van der Waals surface area contributed by atoms with E-state index in [-0.39, 0.29) is 34.7 Å². The molecule has 172 valence electrons. The van der Waals surface area contributed by atoms with E-state index < -0.39 is 41.1 Å². The monoisotopic (exact) mass is 480 g/mol. The van der Waals surface area contributed by atoms with Crippen molar-refractivity contribution in [1.29, 1.82) is 0 Å². The topological polar surface area (TPSA) is 72.0 Å². The molecule has 33 heavy (non-hydrogen) atoms. The van der Waals surface area contributed by atoms with Crippen LogP contribution in [0.25, 0.3) is 11.3 Å². The molecule has 1 aliphatic rings. The number of hydrogen-bond acceptors (Lipinski definition) is 4. The van der Waals surface area contributed by atoms with E-state index in [4.69, 9.17) is 11.6 Å². The van der Waals surface area contributed by atoms with Crippen molar-refractivity contribution < 1.29 is 31.9 Å². The largest absolute Gasteiger partial charge is 0.465 e. The van der Waals surface area contributed by atoms with Gasteiger partial charge in [-0.3, -0.25) is 9.89 Å². The second kappa shape index (κ2) is 8.62. The minimum absolute atomic E-state index is 0.00156. The van der Waals surface area contributed by atoms with Gasteiger partial charge in [0.1, 0.15) is 6.17 Å². The van der Waals surface area contributed by atoms with Crippen LogP contribution in [0.1, 0.15) is 50.1 Å². The zero-order chi connectivity index (χ0) is 23.9. The second-order valence-electron chi connectivity index (χ2n) is 7.60. The predicted molar refractivity (Wildman–Crippen MR) is 112 cm³/mol. The molecule has 10 heteroatoms. The van der Waals surface area contributed by atoms with Gasteiger partial charge in [0, 0.05) is 22.4 Å². The molecule has 1 heterocycles. The fourth-order valence-corrected chi connectivity index (χ4v) is 4.35. The number of aryl methyl sites for hydroxylation is 1. The first-order chi connectivity index (χ1) is 15.6. The van der Waals surface area contributed by atoms with Crippen molar-refractivity contribution >= 4 is 23.4 Å². The molecule has 0 saturated carbocycles. The van der Waals surface area contributed by atoms with Crippen LogP contribution in [0.15, 0.2) is 42.5 Å². The van der Waals surface area contributed by atoms with Crippen LogP contribution in [-0.4, -0.2) is 29.1 Å². The van der Waals surface area contributed by atoms with Crippen LogP contribution in [-0.2, 0) is 17.3 Å². The number of ketones is 1. The van der Waals surface area contributed by atoms with E-state index in [1.807, 2.05) is 0 Å². The Kier molecular flexibility index (Phi) is 6.00. The summed E-state index contributed by atoms with van der Waals surface area (Å²) in [6, 6.07) is 9.11. The third-order valence-corrected chi connectivity index (χ3v) is 6.01. The lowest BCUT2D eigenvalue weighted by Gasteiger charge is -2.27. The summed E-state index contributed by atoms with van der Waals surface area (Å²) < 4.78 is 60.8. The van der Waals surface area contributed by atoms with E-state index >= 15 is 4.39 Å². The molecule has 2 unspecified atom stereocenters. The lowest BCUT2D eigenvalue weighted by molar-refractivity contribution is -0.138. The lowest BCUT2D eigenvalue weighted by atomic mass is 9.79. The zero-order valence-electron chi connectivity index (χ0n) is 17.2. The molecule has 0 amide bonds. The van der Waals surface area contributed by atoms with Crippen molar-refractivity contribution in [3.63, 3.8) is 0 Å². The number of carbonyl (C=O) groups excluding carboxylic acids is 2. The van der Waals surface area contributed by atoms with Gasteiger partial charge in [-0.05, 0) is 37.1 Å². The average molecular weight is 481 g/mol. The van der Waals surface area contributed by atoms with Crippen molar-refractivity contribution in [3.8, 4) is 11.3 Å². The number of Topliss-reactive ketones (excluding diaryl/α,β-unsaturated/α-hetero) is 1. The van der Waals surface area contributed by atoms with Gasteiger partial charge in [0.25, 0.3) is 0 Å². The van der Waals surface area contributed by atoms with Crippen molar-refractivity contribution in [2.45, 2.75) is 25.2 Å². The lowest BCUT2D eigenvalue weighted by Crippen LogP contribution is -2.27. The standard InChI is InChI=1S/C23H17ClF4N2O3/c1-33-22(32)12-7-5-11(6-8-12)20-18-16(29-30-20)10-9-13(19(18)25)21(31)17-14(23(26,27)28)3-2-4-15(17)24/h2-8,13,19H,9-10H2,1H3,(H,29,30). The van der Waals surface area contributed by atoms with Crippen LogP contribution in [0.3, 0.4) is 0 Å². The molecule has 1 aromatic heterocycles. The van der Waals surface area contributed by atoms with Gasteiger partial charge >= 0.3 is 12.1 Å². The van der Waals surface area contributed by atoms with Gasteiger partial charge in [-0.2, -0.15) is 18.3 Å². The molecule has 5 nitrogen and oxygen atoms in total. The summed E-state index contributed by atoms with van der Waals surface area (Å²) in [5, 5.41) is 6.53. The number of alkyl halides is 4. The molecular formula is C23H17ClF4N2O3. The molecule has 1 aliphatic carbocycles. The molecule has 2 aromatic carbocycles. The van der Waals surface area contributed by atoms with Gasteiger partial charge in [0.2, 0.25) is 0 Å². The van der Waals surface area contributed by atoms with E-state index in [1.54, 1.807) is 12.1 Å². The third-order valence-electron chi connectivity index (χ3n) is 5.70. The molecular weight excluding hydrogens is 464 g/mol. The minimum atomic E-state index is -4.82. The predicted octanol–water partition coefficient (Wildman–Crippen LogP) is 5.99. The summed E-state index contributed by atoms with van der Waals surface area (Å²) in [7, 11) is 1.24. The highest BCUT2D eigenvalue weighted by molar-refractivity contribution is 6.34. The normalized spacial score (nSPS) is 18.0. The van der Waals surface area contributed by atoms with Crippen molar-refractivity contribution in [1.82, 2.24) is 10.2 Å². The van der Waals surface area contributed by atoms with Crippen LogP contribution in [0.4, 0.5) is 17.6 Å². The number of H-pyrrole nitrogens is 1. The van der Waals surface area contributed by atoms with Gasteiger partial charge in [-0.25, -0.2) is 9.18 Å². The number of nitrogens with zero attached hydrogens (tertiary/aromatic N) is 1. The molecule has 0 saturated heterocycles. The van der Waals surface area contributed by atoms with E-state index in [9.17, 15) is 22.8 Å². The van der Waals surface area contributed by atoms with E-state index in [1.165, 1.54) is 25.3 Å². The maximum Gasteiger partial charge on any atom is 0.417 e. The fourth-order valence-electron chi connectivity index (χ4n) is 4.08. The number of fused-ring (bicyclic) bond motifs is 1. The van der Waals surface area contributed by atoms with E-state index in [0.717, 1.165) is 12.1 Å². The molecule has 0 aliphatic heterocycles. The Balaban J connectivity index is 1.71. The fraction of sp³-hybridized carbons (Fsp3) is 0.261. The molecule has 4 rings (SSSR count). The van der Waals surface area contributed by atoms with Gasteiger partial charge < -0.3 is 4.74 Å². The van der Waals surface area contributed by atoms with Gasteiger partial charge in [-0.15, -0.1) is 0 Å². The van der Waals surface area contributed by atoms with Crippen LogP contribution < -0.4 is 0 Å². The van der Waals surface area contributed by atoms with E-state index in [2.05, 4.69) is 14.9 Å². The highest BCUT2D eigenvalue weighted by Crippen LogP contribution is 2.45. The first-order valence-corrected chi connectivity index (χ1v) is 10.3. The molecule has 0 bridgehead atoms. The van der Waals surface area contributed by atoms with Crippen molar-refractivity contribution in [3.05, 3.63) is 75.4 Å². The maximum atomic E-state index is 15.7. The molecule has 0 radical (unpaired) electrons. The van der Waals surface area contributed by atoms with Gasteiger partial charge in [-0.1, -0.05) is 29.8 Å². The molecule has 2 atom stereocenters. The Morgan fingerprint density at radius 1 is 1.15 bits per heavy atom. The van der Waals surface area contributed by atoms with Crippen molar-refractivity contribution in [2.75, 3.05) is 7.11 Å². The SMILES string of the molecule is COC(=O)c1ccc(-c2n[nH]c3c2C(F)C(C(=O)c2c(Cl)cccc2C(F)(F)F)CC3)cc1. The summed E-state index contributed by atoms with van der Waals surface area (Å²) in [6.07, 6.45) is -6.49. The number of carbonyl (C=O) groups is 2. The van der Waals surface area contributed by atoms with Gasteiger partial charge in [0.15, 0.2) is 5.78 Å². The smallest absolute Gasteiger partial charge is 0.417 e. The first-order valence-electron chi connectivity index (χ1n) is 9.93. The summed E-state index contributed by atoms with van der Waals surface area (Å²) in [4.78, 5) is 24.8. The Labute approximate surface area is 190 Å². The minimum Gasteiger partial charge on any atom is -0.465 e. The number of benzene rings is 2. The highest BCUT2D eigenvalue weighted by atomic mass is 35.5. The Morgan fingerprint density at radius 2 is 1.85 bits per heavy atom. The number of halogens is 5.